The van der Waals surface area contributed by atoms with Gasteiger partial charge in [0.05, 0.1) is 15.6 Å². The molecule has 0 aliphatic heterocycles. The Labute approximate surface area is 117 Å². The van der Waals surface area contributed by atoms with E-state index in [1.165, 1.54) is 24.4 Å². The van der Waals surface area contributed by atoms with E-state index in [0.717, 1.165) is 0 Å². The number of H-pyrrole nitrogens is 1. The molecule has 1 aromatic heterocycles. The van der Waals surface area contributed by atoms with E-state index < -0.39 is 5.56 Å². The van der Waals surface area contributed by atoms with Crippen LogP contribution in [0.1, 0.15) is 10.4 Å². The molecule has 0 saturated carbocycles. The van der Waals surface area contributed by atoms with Crippen LogP contribution < -0.4 is 5.56 Å². The van der Waals surface area contributed by atoms with Gasteiger partial charge in [-0.15, -0.1) is 0 Å². The van der Waals surface area contributed by atoms with E-state index in [0.29, 0.717) is 16.9 Å². The summed E-state index contributed by atoms with van der Waals surface area (Å²) in [6, 6.07) is 4.44. The maximum atomic E-state index is 11.8. The van der Waals surface area contributed by atoms with E-state index in [2.05, 4.69) is 4.98 Å². The second-order valence-electron chi connectivity index (χ2n) is 3.50. The Hall–Kier alpha value is -1.29. The average molecular weight is 303 g/mol. The number of pyridine rings is 1. The molecule has 0 fully saturated rings. The van der Waals surface area contributed by atoms with E-state index in [9.17, 15) is 9.59 Å². The number of nitrogens with one attached hydrogen (secondary N) is 1. The minimum absolute atomic E-state index is 0.155. The lowest BCUT2D eigenvalue weighted by Crippen LogP contribution is -2.11. The molecule has 0 saturated heterocycles. The predicted octanol–water partition coefficient (Wildman–Crippen LogP) is 3.81. The van der Waals surface area contributed by atoms with Crippen LogP contribution in [0.3, 0.4) is 0 Å². The zero-order valence-corrected chi connectivity index (χ0v) is 11.1. The average Bonchev–Trinajstić information content (AvgIpc) is 2.33. The zero-order chi connectivity index (χ0) is 13.3. The molecular formula is C12H6Cl3NO2. The summed E-state index contributed by atoms with van der Waals surface area (Å²) in [5.74, 6) is 0. The SMILES string of the molecule is O=Cc1cc[nH]c(=O)c1-c1cc(Cl)cc(Cl)c1Cl. The van der Waals surface area contributed by atoms with Crippen molar-refractivity contribution in [1.82, 2.24) is 4.98 Å². The van der Waals surface area contributed by atoms with Crippen LogP contribution in [0, 0.1) is 0 Å². The van der Waals surface area contributed by atoms with Crippen molar-refractivity contribution >= 4 is 41.1 Å². The molecule has 0 aliphatic rings. The van der Waals surface area contributed by atoms with Gasteiger partial charge in [-0.1, -0.05) is 34.8 Å². The number of halogens is 3. The molecule has 1 heterocycles. The molecule has 0 amide bonds. The molecule has 1 N–H and O–H groups in total. The summed E-state index contributed by atoms with van der Waals surface area (Å²) in [6.07, 6.45) is 1.96. The largest absolute Gasteiger partial charge is 0.329 e. The number of rotatable bonds is 2. The van der Waals surface area contributed by atoms with Crippen LogP contribution in [0.15, 0.2) is 29.2 Å². The first-order valence-corrected chi connectivity index (χ1v) is 5.99. The summed E-state index contributed by atoms with van der Waals surface area (Å²) in [7, 11) is 0. The number of aldehydes is 1. The lowest BCUT2D eigenvalue weighted by atomic mass is 10.0. The molecule has 3 nitrogen and oxygen atoms in total. The third-order valence-corrected chi connectivity index (χ3v) is 3.40. The maximum Gasteiger partial charge on any atom is 0.256 e. The quantitative estimate of drug-likeness (QED) is 0.677. The highest BCUT2D eigenvalue weighted by Crippen LogP contribution is 2.35. The van der Waals surface area contributed by atoms with Crippen molar-refractivity contribution in [2.75, 3.05) is 0 Å². The Bertz CT molecular complexity index is 680. The fourth-order valence-corrected chi connectivity index (χ4v) is 2.30. The van der Waals surface area contributed by atoms with Crippen LogP contribution >= 0.6 is 34.8 Å². The molecule has 0 atom stereocenters. The van der Waals surface area contributed by atoms with Crippen LogP contribution in [-0.2, 0) is 0 Å². The van der Waals surface area contributed by atoms with Crippen LogP contribution in [-0.4, -0.2) is 11.3 Å². The lowest BCUT2D eigenvalue weighted by Gasteiger charge is -2.08. The molecule has 0 aliphatic carbocycles. The molecule has 92 valence electrons. The van der Waals surface area contributed by atoms with Gasteiger partial charge in [0.1, 0.15) is 0 Å². The number of aromatic amines is 1. The Balaban J connectivity index is 2.85. The van der Waals surface area contributed by atoms with Crippen molar-refractivity contribution in [1.29, 1.82) is 0 Å². The standard InChI is InChI=1S/C12H6Cl3NO2/c13-7-3-8(11(15)9(14)4-7)10-6(5-17)1-2-16-12(10)18/h1-5H,(H,16,18). The molecule has 0 radical (unpaired) electrons. The number of hydrogen-bond acceptors (Lipinski definition) is 2. The van der Waals surface area contributed by atoms with E-state index in [1.807, 2.05) is 0 Å². The normalized spacial score (nSPS) is 10.4. The van der Waals surface area contributed by atoms with Gasteiger partial charge in [0.15, 0.2) is 6.29 Å². The highest BCUT2D eigenvalue weighted by Gasteiger charge is 2.15. The monoisotopic (exact) mass is 301 g/mol. The molecule has 18 heavy (non-hydrogen) atoms. The van der Waals surface area contributed by atoms with E-state index in [-0.39, 0.29) is 21.2 Å². The molecule has 0 unspecified atom stereocenters. The summed E-state index contributed by atoms with van der Waals surface area (Å²) in [5.41, 5.74) is 0.277. The van der Waals surface area contributed by atoms with Gasteiger partial charge in [-0.2, -0.15) is 0 Å². The minimum Gasteiger partial charge on any atom is -0.329 e. The summed E-state index contributed by atoms with van der Waals surface area (Å²) in [6.45, 7) is 0. The van der Waals surface area contributed by atoms with Gasteiger partial charge in [0.2, 0.25) is 0 Å². The summed E-state index contributed by atoms with van der Waals surface area (Å²) < 4.78 is 0. The van der Waals surface area contributed by atoms with Gasteiger partial charge in [-0.05, 0) is 18.2 Å². The number of hydrogen-bond donors (Lipinski definition) is 1. The molecule has 0 spiro atoms. The first kappa shape index (κ1) is 13.1. The fraction of sp³-hybridized carbons (Fsp3) is 0. The third-order valence-electron chi connectivity index (χ3n) is 2.38. The van der Waals surface area contributed by atoms with Crippen molar-refractivity contribution in [3.63, 3.8) is 0 Å². The van der Waals surface area contributed by atoms with Crippen LogP contribution in [0.5, 0.6) is 0 Å². The van der Waals surface area contributed by atoms with Crippen LogP contribution in [0.2, 0.25) is 15.1 Å². The van der Waals surface area contributed by atoms with E-state index in [4.69, 9.17) is 34.8 Å². The van der Waals surface area contributed by atoms with Crippen LogP contribution in [0.25, 0.3) is 11.1 Å². The second kappa shape index (κ2) is 5.14. The highest BCUT2D eigenvalue weighted by atomic mass is 35.5. The molecule has 0 bridgehead atoms. The Morgan fingerprint density at radius 3 is 2.56 bits per heavy atom. The van der Waals surface area contributed by atoms with Gasteiger partial charge in [-0.3, -0.25) is 9.59 Å². The van der Waals surface area contributed by atoms with Gasteiger partial charge < -0.3 is 4.98 Å². The zero-order valence-electron chi connectivity index (χ0n) is 8.84. The highest BCUT2D eigenvalue weighted by molar-refractivity contribution is 6.45. The predicted molar refractivity (Wildman–Crippen MR) is 72.9 cm³/mol. The topological polar surface area (TPSA) is 49.9 Å². The first-order chi connectivity index (χ1) is 8.54. The van der Waals surface area contributed by atoms with Crippen molar-refractivity contribution < 1.29 is 4.79 Å². The van der Waals surface area contributed by atoms with Gasteiger partial charge in [-0.25, -0.2) is 0 Å². The Morgan fingerprint density at radius 1 is 1.17 bits per heavy atom. The summed E-state index contributed by atoms with van der Waals surface area (Å²) >= 11 is 17.8. The van der Waals surface area contributed by atoms with E-state index >= 15 is 0 Å². The molecule has 2 aromatic rings. The van der Waals surface area contributed by atoms with Crippen molar-refractivity contribution in [2.45, 2.75) is 0 Å². The number of carbonyl (C=O) groups excluding carboxylic acids is 1. The van der Waals surface area contributed by atoms with Crippen molar-refractivity contribution in [3.8, 4) is 11.1 Å². The number of aromatic nitrogens is 1. The first-order valence-electron chi connectivity index (χ1n) is 4.86. The molecule has 6 heteroatoms. The van der Waals surface area contributed by atoms with Gasteiger partial charge in [0.25, 0.3) is 5.56 Å². The third kappa shape index (κ3) is 2.29. The Kier molecular flexibility index (Phi) is 3.76. The van der Waals surface area contributed by atoms with Crippen LogP contribution in [0.4, 0.5) is 0 Å². The van der Waals surface area contributed by atoms with Gasteiger partial charge >= 0.3 is 0 Å². The number of benzene rings is 1. The fourth-order valence-electron chi connectivity index (χ4n) is 1.61. The van der Waals surface area contributed by atoms with Crippen molar-refractivity contribution in [2.24, 2.45) is 0 Å². The Morgan fingerprint density at radius 2 is 1.89 bits per heavy atom. The molecule has 2 rings (SSSR count). The maximum absolute atomic E-state index is 11.8. The summed E-state index contributed by atoms with van der Waals surface area (Å²) in [5, 5.41) is 0.736. The smallest absolute Gasteiger partial charge is 0.256 e. The van der Waals surface area contributed by atoms with Crippen molar-refractivity contribution in [3.05, 3.63) is 55.4 Å². The van der Waals surface area contributed by atoms with E-state index in [1.54, 1.807) is 0 Å². The number of carbonyl (C=O) groups is 1. The lowest BCUT2D eigenvalue weighted by molar-refractivity contribution is 0.112. The minimum atomic E-state index is -0.431. The summed E-state index contributed by atoms with van der Waals surface area (Å²) in [4.78, 5) is 25.3. The second-order valence-corrected chi connectivity index (χ2v) is 4.73. The van der Waals surface area contributed by atoms with Gasteiger partial charge in [0, 0.05) is 22.3 Å². The molecule has 1 aromatic carbocycles. The molecular weight excluding hydrogens is 296 g/mol.